The third-order valence-corrected chi connectivity index (χ3v) is 4.44. The molecule has 0 fully saturated rings. The van der Waals surface area contributed by atoms with Crippen molar-refractivity contribution in [2.75, 3.05) is 26.7 Å². The van der Waals surface area contributed by atoms with Crippen molar-refractivity contribution in [1.29, 1.82) is 0 Å². The molecule has 152 valence electrons. The molecule has 0 aliphatic rings. The Balaban J connectivity index is 0.00000392. The predicted molar refractivity (Wildman–Crippen MR) is 128 cm³/mol. The second kappa shape index (κ2) is 12.4. The fourth-order valence-electron chi connectivity index (χ4n) is 2.71. The molecule has 3 N–H and O–H groups in total. The van der Waals surface area contributed by atoms with Crippen LogP contribution in [-0.2, 0) is 5.41 Å². The van der Waals surface area contributed by atoms with E-state index in [0.717, 1.165) is 25.5 Å². The highest BCUT2D eigenvalue weighted by Crippen LogP contribution is 2.21. The van der Waals surface area contributed by atoms with E-state index in [0.29, 0.717) is 12.1 Å². The zero-order chi connectivity index (χ0) is 19.5. The zero-order valence-corrected chi connectivity index (χ0v) is 19.2. The fraction of sp³-hybridized carbons (Fsp3) is 0.364. The van der Waals surface area contributed by atoms with Crippen LogP contribution >= 0.6 is 24.0 Å². The summed E-state index contributed by atoms with van der Waals surface area (Å²) in [6, 6.07) is 19.7. The van der Waals surface area contributed by atoms with Crippen molar-refractivity contribution < 1.29 is 4.79 Å². The van der Waals surface area contributed by atoms with Gasteiger partial charge in [-0.25, -0.2) is 0 Å². The Hall–Kier alpha value is -2.09. The van der Waals surface area contributed by atoms with Crippen molar-refractivity contribution in [3.8, 4) is 0 Å². The molecule has 0 radical (unpaired) electrons. The van der Waals surface area contributed by atoms with Gasteiger partial charge in [0.05, 0.1) is 0 Å². The molecule has 0 spiro atoms. The van der Waals surface area contributed by atoms with Crippen LogP contribution in [0.4, 0.5) is 0 Å². The van der Waals surface area contributed by atoms with Crippen LogP contribution in [0.3, 0.4) is 0 Å². The molecular weight excluding hydrogens is 463 g/mol. The number of rotatable bonds is 8. The first-order valence-electron chi connectivity index (χ1n) is 9.36. The Bertz CT molecular complexity index is 733. The second-order valence-corrected chi connectivity index (χ2v) is 7.08. The lowest BCUT2D eigenvalue weighted by Gasteiger charge is -2.26. The standard InChI is InChI=1S/C22H30N4O.HI/c1-22(2,19-13-8-5-9-14-19)17-26-21(23-3)25-16-10-15-24-20(27)18-11-6-4-7-12-18;/h4-9,11-14H,10,15-17H2,1-3H3,(H,24,27)(H2,23,25,26);1H. The minimum absolute atomic E-state index is 0. The summed E-state index contributed by atoms with van der Waals surface area (Å²) in [5, 5.41) is 9.61. The number of nitrogens with one attached hydrogen (secondary N) is 3. The molecule has 2 aromatic rings. The lowest BCUT2D eigenvalue weighted by molar-refractivity contribution is 0.0953. The van der Waals surface area contributed by atoms with Crippen LogP contribution < -0.4 is 16.0 Å². The van der Waals surface area contributed by atoms with Gasteiger partial charge in [-0.3, -0.25) is 9.79 Å². The number of carbonyl (C=O) groups is 1. The number of hydrogen-bond donors (Lipinski definition) is 3. The van der Waals surface area contributed by atoms with Gasteiger partial charge in [-0.15, -0.1) is 24.0 Å². The number of hydrogen-bond acceptors (Lipinski definition) is 2. The number of aliphatic imine (C=N–C) groups is 1. The SMILES string of the molecule is CN=C(NCCCNC(=O)c1ccccc1)NCC(C)(C)c1ccccc1.I. The summed E-state index contributed by atoms with van der Waals surface area (Å²) >= 11 is 0. The number of carbonyl (C=O) groups excluding carboxylic acids is 1. The van der Waals surface area contributed by atoms with E-state index < -0.39 is 0 Å². The molecule has 0 heterocycles. The van der Waals surface area contributed by atoms with Crippen molar-refractivity contribution in [1.82, 2.24) is 16.0 Å². The van der Waals surface area contributed by atoms with Gasteiger partial charge in [0.15, 0.2) is 5.96 Å². The maximum absolute atomic E-state index is 12.0. The van der Waals surface area contributed by atoms with Crippen LogP contribution in [0, 0.1) is 0 Å². The van der Waals surface area contributed by atoms with Gasteiger partial charge in [0.2, 0.25) is 0 Å². The van der Waals surface area contributed by atoms with Gasteiger partial charge in [-0.05, 0) is 24.1 Å². The van der Waals surface area contributed by atoms with Crippen LogP contribution in [0.25, 0.3) is 0 Å². The van der Waals surface area contributed by atoms with Crippen LogP contribution in [0.2, 0.25) is 0 Å². The predicted octanol–water partition coefficient (Wildman–Crippen LogP) is 3.57. The molecule has 2 aromatic carbocycles. The van der Waals surface area contributed by atoms with Crippen LogP contribution in [0.5, 0.6) is 0 Å². The average molecular weight is 494 g/mol. The number of amides is 1. The number of halogens is 1. The lowest BCUT2D eigenvalue weighted by Crippen LogP contribution is -2.44. The largest absolute Gasteiger partial charge is 0.356 e. The number of nitrogens with zero attached hydrogens (tertiary/aromatic N) is 1. The molecule has 1 amide bonds. The smallest absolute Gasteiger partial charge is 0.251 e. The van der Waals surface area contributed by atoms with E-state index >= 15 is 0 Å². The Morgan fingerprint density at radius 2 is 1.46 bits per heavy atom. The highest BCUT2D eigenvalue weighted by molar-refractivity contribution is 14.0. The van der Waals surface area contributed by atoms with Gasteiger partial charge in [-0.2, -0.15) is 0 Å². The van der Waals surface area contributed by atoms with Crippen LogP contribution in [0.15, 0.2) is 65.7 Å². The molecule has 0 aliphatic carbocycles. The average Bonchev–Trinajstić information content (AvgIpc) is 2.71. The molecule has 6 heteroatoms. The summed E-state index contributed by atoms with van der Waals surface area (Å²) in [7, 11) is 1.77. The maximum atomic E-state index is 12.0. The molecule has 0 unspecified atom stereocenters. The molecular formula is C22H31IN4O. The lowest BCUT2D eigenvalue weighted by atomic mass is 9.85. The molecule has 0 bridgehead atoms. The van der Waals surface area contributed by atoms with Gasteiger partial charge < -0.3 is 16.0 Å². The Morgan fingerprint density at radius 3 is 2.07 bits per heavy atom. The van der Waals surface area contributed by atoms with Gasteiger partial charge in [0.1, 0.15) is 0 Å². The molecule has 0 saturated heterocycles. The van der Waals surface area contributed by atoms with E-state index in [1.54, 1.807) is 7.05 Å². The fourth-order valence-corrected chi connectivity index (χ4v) is 2.71. The highest BCUT2D eigenvalue weighted by Gasteiger charge is 2.20. The van der Waals surface area contributed by atoms with Gasteiger partial charge in [-0.1, -0.05) is 62.4 Å². The van der Waals surface area contributed by atoms with Crippen molar-refractivity contribution in [3.63, 3.8) is 0 Å². The van der Waals surface area contributed by atoms with Crippen molar-refractivity contribution in [2.24, 2.45) is 4.99 Å². The zero-order valence-electron chi connectivity index (χ0n) is 16.9. The van der Waals surface area contributed by atoms with E-state index in [1.165, 1.54) is 5.56 Å². The van der Waals surface area contributed by atoms with Crippen molar-refractivity contribution in [3.05, 3.63) is 71.8 Å². The number of benzene rings is 2. The summed E-state index contributed by atoms with van der Waals surface area (Å²) < 4.78 is 0. The summed E-state index contributed by atoms with van der Waals surface area (Å²) in [6.07, 6.45) is 0.821. The highest BCUT2D eigenvalue weighted by atomic mass is 127. The minimum atomic E-state index is -0.0392. The van der Waals surface area contributed by atoms with Gasteiger partial charge in [0.25, 0.3) is 5.91 Å². The molecule has 0 aromatic heterocycles. The quantitative estimate of drug-likeness (QED) is 0.228. The van der Waals surface area contributed by atoms with E-state index in [9.17, 15) is 4.79 Å². The minimum Gasteiger partial charge on any atom is -0.356 e. The third-order valence-electron chi connectivity index (χ3n) is 4.44. The molecule has 5 nitrogen and oxygen atoms in total. The van der Waals surface area contributed by atoms with Crippen molar-refractivity contribution in [2.45, 2.75) is 25.7 Å². The third kappa shape index (κ3) is 7.88. The van der Waals surface area contributed by atoms with E-state index in [2.05, 4.69) is 59.1 Å². The van der Waals surface area contributed by atoms with E-state index in [-0.39, 0.29) is 35.3 Å². The molecule has 0 aliphatic heterocycles. The molecule has 28 heavy (non-hydrogen) atoms. The second-order valence-electron chi connectivity index (χ2n) is 7.08. The van der Waals surface area contributed by atoms with Crippen molar-refractivity contribution >= 4 is 35.8 Å². The van der Waals surface area contributed by atoms with Gasteiger partial charge in [0, 0.05) is 37.7 Å². The Labute approximate surface area is 185 Å². The summed E-state index contributed by atoms with van der Waals surface area (Å²) in [4.78, 5) is 16.3. The summed E-state index contributed by atoms with van der Waals surface area (Å²) in [5.41, 5.74) is 1.98. The Kier molecular flexibility index (Phi) is 10.6. The first-order chi connectivity index (χ1) is 13.0. The summed E-state index contributed by atoms with van der Waals surface area (Å²) in [6.45, 7) is 6.55. The topological polar surface area (TPSA) is 65.5 Å². The maximum Gasteiger partial charge on any atom is 0.251 e. The summed E-state index contributed by atoms with van der Waals surface area (Å²) in [5.74, 6) is 0.733. The normalized spacial score (nSPS) is 11.3. The molecule has 0 atom stereocenters. The molecule has 0 saturated carbocycles. The first-order valence-corrected chi connectivity index (χ1v) is 9.36. The Morgan fingerprint density at radius 1 is 0.893 bits per heavy atom. The first kappa shape index (κ1) is 23.9. The van der Waals surface area contributed by atoms with E-state index in [1.807, 2.05) is 36.4 Å². The molecule has 2 rings (SSSR count). The van der Waals surface area contributed by atoms with Crippen LogP contribution in [-0.4, -0.2) is 38.5 Å². The number of guanidine groups is 1. The van der Waals surface area contributed by atoms with Crippen LogP contribution in [0.1, 0.15) is 36.2 Å². The van der Waals surface area contributed by atoms with E-state index in [4.69, 9.17) is 0 Å². The van der Waals surface area contributed by atoms with Gasteiger partial charge >= 0.3 is 0 Å². The monoisotopic (exact) mass is 494 g/mol.